The van der Waals surface area contributed by atoms with E-state index in [9.17, 15) is 4.79 Å². The standard InChI is InChI=1S/C17H23N3O/c1-11-6-5-7-13-15(11)19-14(18-13)8-9-20(4)16(21)12-10-17(12,2)3/h5-7,12H,8-10H2,1-4H3,(H,18,19)/t12-/m1/s1. The molecule has 1 saturated carbocycles. The summed E-state index contributed by atoms with van der Waals surface area (Å²) in [4.78, 5) is 22.1. The summed E-state index contributed by atoms with van der Waals surface area (Å²) >= 11 is 0. The van der Waals surface area contributed by atoms with Crippen LogP contribution in [0.1, 0.15) is 31.7 Å². The van der Waals surface area contributed by atoms with Gasteiger partial charge in [-0.25, -0.2) is 4.98 Å². The van der Waals surface area contributed by atoms with Crippen LogP contribution < -0.4 is 0 Å². The molecule has 4 nitrogen and oxygen atoms in total. The van der Waals surface area contributed by atoms with Crippen LogP contribution >= 0.6 is 0 Å². The molecule has 0 radical (unpaired) electrons. The van der Waals surface area contributed by atoms with Crippen molar-refractivity contribution in [2.75, 3.05) is 13.6 Å². The van der Waals surface area contributed by atoms with Crippen molar-refractivity contribution >= 4 is 16.9 Å². The Morgan fingerprint density at radius 2 is 2.19 bits per heavy atom. The lowest BCUT2D eigenvalue weighted by Crippen LogP contribution is -2.31. The molecule has 1 N–H and O–H groups in total. The molecule has 3 rings (SSSR count). The first kappa shape index (κ1) is 14.1. The molecule has 1 amide bonds. The zero-order valence-corrected chi connectivity index (χ0v) is 13.2. The van der Waals surface area contributed by atoms with E-state index >= 15 is 0 Å². The van der Waals surface area contributed by atoms with Gasteiger partial charge in [-0.1, -0.05) is 26.0 Å². The molecule has 1 aromatic carbocycles. The average molecular weight is 285 g/mol. The van der Waals surface area contributed by atoms with Crippen molar-refractivity contribution in [3.8, 4) is 0 Å². The van der Waals surface area contributed by atoms with Crippen molar-refractivity contribution in [2.24, 2.45) is 11.3 Å². The number of hydrogen-bond donors (Lipinski definition) is 1. The minimum atomic E-state index is 0.196. The van der Waals surface area contributed by atoms with Crippen LogP contribution in [0.25, 0.3) is 11.0 Å². The zero-order chi connectivity index (χ0) is 15.2. The topological polar surface area (TPSA) is 49.0 Å². The van der Waals surface area contributed by atoms with E-state index in [2.05, 4.69) is 36.8 Å². The van der Waals surface area contributed by atoms with Gasteiger partial charge < -0.3 is 9.88 Å². The van der Waals surface area contributed by atoms with Crippen molar-refractivity contribution in [2.45, 2.75) is 33.6 Å². The molecular weight excluding hydrogens is 262 g/mol. The summed E-state index contributed by atoms with van der Waals surface area (Å²) in [5.41, 5.74) is 3.48. The third-order valence-electron chi connectivity index (χ3n) is 4.64. The molecule has 1 heterocycles. The number of rotatable bonds is 4. The van der Waals surface area contributed by atoms with E-state index in [1.165, 1.54) is 5.56 Å². The van der Waals surface area contributed by atoms with Crippen molar-refractivity contribution in [3.05, 3.63) is 29.6 Å². The zero-order valence-electron chi connectivity index (χ0n) is 13.2. The molecule has 21 heavy (non-hydrogen) atoms. The largest absolute Gasteiger partial charge is 0.345 e. The maximum absolute atomic E-state index is 12.3. The highest BCUT2D eigenvalue weighted by Gasteiger charge is 2.51. The highest BCUT2D eigenvalue weighted by molar-refractivity contribution is 5.82. The molecule has 1 aromatic heterocycles. The lowest BCUT2D eigenvalue weighted by Gasteiger charge is -2.17. The number of nitrogens with zero attached hydrogens (tertiary/aromatic N) is 2. The summed E-state index contributed by atoms with van der Waals surface area (Å²) in [6.45, 7) is 7.10. The molecule has 1 atom stereocenters. The molecule has 0 saturated heterocycles. The molecule has 0 spiro atoms. The van der Waals surface area contributed by atoms with E-state index in [1.54, 1.807) is 0 Å². The van der Waals surface area contributed by atoms with Crippen LogP contribution in [0.2, 0.25) is 0 Å². The number of aromatic amines is 1. The second kappa shape index (κ2) is 4.86. The molecule has 112 valence electrons. The number of H-pyrrole nitrogens is 1. The Morgan fingerprint density at radius 1 is 1.48 bits per heavy atom. The van der Waals surface area contributed by atoms with Gasteiger partial charge in [0.2, 0.25) is 5.91 Å². The van der Waals surface area contributed by atoms with Gasteiger partial charge in [-0.3, -0.25) is 4.79 Å². The van der Waals surface area contributed by atoms with E-state index in [4.69, 9.17) is 0 Å². The molecule has 1 aliphatic carbocycles. The minimum absolute atomic E-state index is 0.196. The summed E-state index contributed by atoms with van der Waals surface area (Å²) in [7, 11) is 1.89. The molecule has 4 heteroatoms. The van der Waals surface area contributed by atoms with E-state index in [0.29, 0.717) is 6.54 Å². The fraction of sp³-hybridized carbons (Fsp3) is 0.529. The van der Waals surface area contributed by atoms with E-state index in [-0.39, 0.29) is 17.2 Å². The van der Waals surface area contributed by atoms with Crippen LogP contribution in [0, 0.1) is 18.3 Å². The molecular formula is C17H23N3O. The summed E-state index contributed by atoms with van der Waals surface area (Å²) in [5, 5.41) is 0. The minimum Gasteiger partial charge on any atom is -0.345 e. The van der Waals surface area contributed by atoms with Crippen molar-refractivity contribution in [1.29, 1.82) is 0 Å². The lowest BCUT2D eigenvalue weighted by atomic mass is 10.1. The van der Waals surface area contributed by atoms with Gasteiger partial charge in [-0.2, -0.15) is 0 Å². The van der Waals surface area contributed by atoms with Gasteiger partial charge in [0.05, 0.1) is 11.0 Å². The van der Waals surface area contributed by atoms with Crippen molar-refractivity contribution in [1.82, 2.24) is 14.9 Å². The van der Waals surface area contributed by atoms with Gasteiger partial charge in [0.1, 0.15) is 5.82 Å². The van der Waals surface area contributed by atoms with E-state index < -0.39 is 0 Å². The van der Waals surface area contributed by atoms with Crippen molar-refractivity contribution in [3.63, 3.8) is 0 Å². The Morgan fingerprint density at radius 3 is 2.81 bits per heavy atom. The third kappa shape index (κ3) is 2.67. The van der Waals surface area contributed by atoms with Gasteiger partial charge in [-0.05, 0) is 30.4 Å². The number of nitrogens with one attached hydrogen (secondary N) is 1. The normalized spacial score (nSPS) is 19.7. The van der Waals surface area contributed by atoms with E-state index in [0.717, 1.165) is 29.7 Å². The Kier molecular flexibility index (Phi) is 3.27. The van der Waals surface area contributed by atoms with Gasteiger partial charge in [0.15, 0.2) is 0 Å². The number of likely N-dealkylation sites (N-methyl/N-ethyl adjacent to an activating group) is 1. The predicted octanol–water partition coefficient (Wildman–Crippen LogP) is 2.92. The number of benzene rings is 1. The number of carbonyl (C=O) groups excluding carboxylic acids is 1. The number of fused-ring (bicyclic) bond motifs is 1. The Labute approximate surface area is 125 Å². The number of aromatic nitrogens is 2. The second-order valence-corrected chi connectivity index (χ2v) is 6.91. The first-order chi connectivity index (χ1) is 9.88. The first-order valence-corrected chi connectivity index (χ1v) is 7.58. The number of hydrogen-bond acceptors (Lipinski definition) is 2. The number of carbonyl (C=O) groups is 1. The Bertz CT molecular complexity index is 686. The summed E-state index contributed by atoms with van der Waals surface area (Å²) in [5.74, 6) is 1.43. The van der Waals surface area contributed by atoms with Crippen LogP contribution in [0.5, 0.6) is 0 Å². The van der Waals surface area contributed by atoms with Crippen LogP contribution in [-0.2, 0) is 11.2 Å². The van der Waals surface area contributed by atoms with Crippen LogP contribution in [0.15, 0.2) is 18.2 Å². The Balaban J connectivity index is 1.64. The van der Waals surface area contributed by atoms with Crippen molar-refractivity contribution < 1.29 is 4.79 Å². The van der Waals surface area contributed by atoms with Crippen LogP contribution in [0.3, 0.4) is 0 Å². The molecule has 0 aliphatic heterocycles. The molecule has 2 aromatic rings. The molecule has 0 bridgehead atoms. The summed E-state index contributed by atoms with van der Waals surface area (Å²) in [6.07, 6.45) is 1.78. The predicted molar refractivity (Wildman–Crippen MR) is 84.1 cm³/mol. The summed E-state index contributed by atoms with van der Waals surface area (Å²) < 4.78 is 0. The number of para-hydroxylation sites is 1. The summed E-state index contributed by atoms with van der Waals surface area (Å²) in [6, 6.07) is 6.14. The molecule has 0 unspecified atom stereocenters. The fourth-order valence-corrected chi connectivity index (χ4v) is 2.88. The third-order valence-corrected chi connectivity index (χ3v) is 4.64. The maximum atomic E-state index is 12.3. The quantitative estimate of drug-likeness (QED) is 0.939. The van der Waals surface area contributed by atoms with Gasteiger partial charge in [0, 0.05) is 25.9 Å². The number of imidazole rings is 1. The second-order valence-electron chi connectivity index (χ2n) is 6.91. The van der Waals surface area contributed by atoms with Crippen LogP contribution in [0.4, 0.5) is 0 Å². The number of aryl methyl sites for hydroxylation is 1. The van der Waals surface area contributed by atoms with Crippen LogP contribution in [-0.4, -0.2) is 34.4 Å². The van der Waals surface area contributed by atoms with E-state index in [1.807, 2.05) is 24.1 Å². The maximum Gasteiger partial charge on any atom is 0.225 e. The highest BCUT2D eigenvalue weighted by atomic mass is 16.2. The average Bonchev–Trinajstić information content (AvgIpc) is 2.87. The van der Waals surface area contributed by atoms with Gasteiger partial charge in [-0.15, -0.1) is 0 Å². The van der Waals surface area contributed by atoms with Gasteiger partial charge in [0.25, 0.3) is 0 Å². The smallest absolute Gasteiger partial charge is 0.225 e. The SMILES string of the molecule is Cc1cccc2[nH]c(CCN(C)C(=O)[C@H]3CC3(C)C)nc12. The molecule has 1 fully saturated rings. The number of amides is 1. The monoisotopic (exact) mass is 285 g/mol. The lowest BCUT2D eigenvalue weighted by molar-refractivity contribution is -0.131. The highest BCUT2D eigenvalue weighted by Crippen LogP contribution is 2.52. The molecule has 1 aliphatic rings. The Hall–Kier alpha value is -1.84. The van der Waals surface area contributed by atoms with Gasteiger partial charge >= 0.3 is 0 Å². The first-order valence-electron chi connectivity index (χ1n) is 7.58. The fourth-order valence-electron chi connectivity index (χ4n) is 2.88.